The SMILES string of the molecule is C=C[C@@H](C[C@H](O)[C@@H](CC1CCCCC1)c1ncc[nH]1)C(C)C. The number of rotatable bonds is 8. The summed E-state index contributed by atoms with van der Waals surface area (Å²) in [5.74, 6) is 2.68. The Morgan fingerprint density at radius 1 is 1.36 bits per heavy atom. The monoisotopic (exact) mass is 304 g/mol. The second kappa shape index (κ2) is 8.52. The molecule has 3 atom stereocenters. The summed E-state index contributed by atoms with van der Waals surface area (Å²) in [6.07, 6.45) is 13.8. The van der Waals surface area contributed by atoms with Crippen molar-refractivity contribution in [2.45, 2.75) is 70.8 Å². The Hall–Kier alpha value is -1.09. The average molecular weight is 304 g/mol. The minimum absolute atomic E-state index is 0.124. The topological polar surface area (TPSA) is 48.9 Å². The molecule has 0 aliphatic heterocycles. The molecule has 0 saturated heterocycles. The highest BCUT2D eigenvalue weighted by atomic mass is 16.3. The first-order valence-electron chi connectivity index (χ1n) is 8.91. The zero-order valence-corrected chi connectivity index (χ0v) is 14.2. The van der Waals surface area contributed by atoms with Gasteiger partial charge in [-0.1, -0.05) is 52.0 Å². The van der Waals surface area contributed by atoms with E-state index in [-0.39, 0.29) is 12.0 Å². The Morgan fingerprint density at radius 3 is 2.64 bits per heavy atom. The number of H-pyrrole nitrogens is 1. The summed E-state index contributed by atoms with van der Waals surface area (Å²) in [7, 11) is 0. The van der Waals surface area contributed by atoms with Crippen molar-refractivity contribution in [1.29, 1.82) is 0 Å². The second-order valence-electron chi connectivity index (χ2n) is 7.27. The van der Waals surface area contributed by atoms with Crippen LogP contribution in [0.4, 0.5) is 0 Å². The van der Waals surface area contributed by atoms with Crippen molar-refractivity contribution < 1.29 is 5.11 Å². The molecule has 1 saturated carbocycles. The molecule has 124 valence electrons. The van der Waals surface area contributed by atoms with Crippen LogP contribution in [-0.4, -0.2) is 21.2 Å². The first-order valence-corrected chi connectivity index (χ1v) is 8.91. The molecular weight excluding hydrogens is 272 g/mol. The van der Waals surface area contributed by atoms with Crippen molar-refractivity contribution in [3.05, 3.63) is 30.9 Å². The van der Waals surface area contributed by atoms with Crippen LogP contribution in [0.1, 0.15) is 70.5 Å². The number of hydrogen-bond acceptors (Lipinski definition) is 2. The van der Waals surface area contributed by atoms with Gasteiger partial charge in [-0.15, -0.1) is 6.58 Å². The van der Waals surface area contributed by atoms with Gasteiger partial charge in [-0.2, -0.15) is 0 Å². The van der Waals surface area contributed by atoms with E-state index in [2.05, 4.69) is 30.4 Å². The third-order valence-electron chi connectivity index (χ3n) is 5.32. The number of nitrogens with one attached hydrogen (secondary N) is 1. The van der Waals surface area contributed by atoms with E-state index in [0.29, 0.717) is 11.8 Å². The fourth-order valence-electron chi connectivity index (χ4n) is 3.80. The maximum absolute atomic E-state index is 10.9. The summed E-state index contributed by atoms with van der Waals surface area (Å²) < 4.78 is 0. The van der Waals surface area contributed by atoms with Crippen molar-refractivity contribution in [2.75, 3.05) is 0 Å². The van der Waals surface area contributed by atoms with Gasteiger partial charge in [0.05, 0.1) is 6.10 Å². The Labute approximate surface area is 135 Å². The number of allylic oxidation sites excluding steroid dienone is 1. The van der Waals surface area contributed by atoms with E-state index < -0.39 is 0 Å². The van der Waals surface area contributed by atoms with Gasteiger partial charge in [0.25, 0.3) is 0 Å². The van der Waals surface area contributed by atoms with Crippen molar-refractivity contribution >= 4 is 0 Å². The lowest BCUT2D eigenvalue weighted by Gasteiger charge is -2.30. The van der Waals surface area contributed by atoms with Gasteiger partial charge >= 0.3 is 0 Å². The second-order valence-corrected chi connectivity index (χ2v) is 7.27. The van der Waals surface area contributed by atoms with Crippen molar-refractivity contribution in [3.63, 3.8) is 0 Å². The van der Waals surface area contributed by atoms with Crippen LogP contribution in [0.25, 0.3) is 0 Å². The van der Waals surface area contributed by atoms with E-state index in [9.17, 15) is 5.11 Å². The van der Waals surface area contributed by atoms with Crippen molar-refractivity contribution in [1.82, 2.24) is 9.97 Å². The summed E-state index contributed by atoms with van der Waals surface area (Å²) in [6.45, 7) is 8.33. The molecule has 0 spiro atoms. The maximum atomic E-state index is 10.9. The number of imidazole rings is 1. The molecule has 22 heavy (non-hydrogen) atoms. The van der Waals surface area contributed by atoms with Gasteiger partial charge in [0, 0.05) is 18.3 Å². The smallest absolute Gasteiger partial charge is 0.111 e. The number of hydrogen-bond donors (Lipinski definition) is 2. The van der Waals surface area contributed by atoms with E-state index >= 15 is 0 Å². The summed E-state index contributed by atoms with van der Waals surface area (Å²) in [6, 6.07) is 0. The van der Waals surface area contributed by atoms with Crippen LogP contribution < -0.4 is 0 Å². The van der Waals surface area contributed by atoms with Gasteiger partial charge in [0.1, 0.15) is 5.82 Å². The Kier molecular flexibility index (Phi) is 6.69. The number of nitrogens with zero attached hydrogens (tertiary/aromatic N) is 1. The zero-order chi connectivity index (χ0) is 15.9. The van der Waals surface area contributed by atoms with Crippen molar-refractivity contribution in [2.24, 2.45) is 17.8 Å². The van der Waals surface area contributed by atoms with E-state index in [4.69, 9.17) is 0 Å². The molecule has 1 aliphatic rings. The molecule has 1 heterocycles. The molecule has 1 aliphatic carbocycles. The highest BCUT2D eigenvalue weighted by molar-refractivity contribution is 5.02. The lowest BCUT2D eigenvalue weighted by molar-refractivity contribution is 0.0951. The summed E-state index contributed by atoms with van der Waals surface area (Å²) in [5.41, 5.74) is 0. The molecule has 1 aromatic heterocycles. The lowest BCUT2D eigenvalue weighted by atomic mass is 9.78. The molecule has 0 unspecified atom stereocenters. The van der Waals surface area contributed by atoms with Crippen LogP contribution in [0, 0.1) is 17.8 Å². The molecule has 1 aromatic rings. The van der Waals surface area contributed by atoms with E-state index in [1.165, 1.54) is 32.1 Å². The Balaban J connectivity index is 2.04. The fourth-order valence-corrected chi connectivity index (χ4v) is 3.80. The summed E-state index contributed by atoms with van der Waals surface area (Å²) >= 11 is 0. The van der Waals surface area contributed by atoms with Gasteiger partial charge in [-0.25, -0.2) is 4.98 Å². The summed E-state index contributed by atoms with van der Waals surface area (Å²) in [5, 5.41) is 10.9. The van der Waals surface area contributed by atoms with Crippen LogP contribution in [0.5, 0.6) is 0 Å². The number of aliphatic hydroxyl groups excluding tert-OH is 1. The molecule has 1 fully saturated rings. The quantitative estimate of drug-likeness (QED) is 0.685. The van der Waals surface area contributed by atoms with Gasteiger partial charge in [0.15, 0.2) is 0 Å². The van der Waals surface area contributed by atoms with Crippen LogP contribution in [0.3, 0.4) is 0 Å². The highest BCUT2D eigenvalue weighted by Crippen LogP contribution is 2.36. The molecule has 0 amide bonds. The lowest BCUT2D eigenvalue weighted by Crippen LogP contribution is -2.26. The van der Waals surface area contributed by atoms with E-state index in [1.54, 1.807) is 6.20 Å². The van der Waals surface area contributed by atoms with Crippen LogP contribution in [-0.2, 0) is 0 Å². The van der Waals surface area contributed by atoms with Gasteiger partial charge < -0.3 is 10.1 Å². The fraction of sp³-hybridized carbons (Fsp3) is 0.737. The summed E-state index contributed by atoms with van der Waals surface area (Å²) in [4.78, 5) is 7.67. The predicted molar refractivity (Wildman–Crippen MR) is 91.7 cm³/mol. The first-order chi connectivity index (χ1) is 10.6. The Morgan fingerprint density at radius 2 is 2.09 bits per heavy atom. The van der Waals surface area contributed by atoms with Gasteiger partial charge in [-0.05, 0) is 30.6 Å². The van der Waals surface area contributed by atoms with Gasteiger partial charge in [-0.3, -0.25) is 0 Å². The number of aromatic amines is 1. The molecule has 0 aromatic carbocycles. The molecule has 0 bridgehead atoms. The van der Waals surface area contributed by atoms with Gasteiger partial charge in [0.2, 0.25) is 0 Å². The predicted octanol–water partition coefficient (Wildman–Crippen LogP) is 4.67. The first kappa shape index (κ1) is 17.3. The molecule has 0 radical (unpaired) electrons. The Bertz CT molecular complexity index is 421. The standard InChI is InChI=1S/C19H32N2O/c1-4-16(14(2)3)13-18(22)17(19-20-10-11-21-19)12-15-8-6-5-7-9-15/h4,10-11,14-18,22H,1,5-9,12-13H2,2-3H3,(H,20,21)/t16-,17+,18-/m0/s1. The maximum Gasteiger partial charge on any atom is 0.111 e. The minimum Gasteiger partial charge on any atom is -0.392 e. The van der Waals surface area contributed by atoms with E-state index in [0.717, 1.165) is 24.6 Å². The molecular formula is C19H32N2O. The average Bonchev–Trinajstić information content (AvgIpc) is 3.04. The van der Waals surface area contributed by atoms with Crippen molar-refractivity contribution in [3.8, 4) is 0 Å². The minimum atomic E-state index is -0.349. The normalized spacial score (nSPS) is 20.7. The van der Waals surface area contributed by atoms with Crippen LogP contribution in [0.15, 0.2) is 25.0 Å². The van der Waals surface area contributed by atoms with Crippen LogP contribution in [0.2, 0.25) is 0 Å². The molecule has 3 nitrogen and oxygen atoms in total. The molecule has 2 N–H and O–H groups in total. The zero-order valence-electron chi connectivity index (χ0n) is 14.2. The van der Waals surface area contributed by atoms with E-state index in [1.807, 2.05) is 12.3 Å². The number of aromatic nitrogens is 2. The molecule has 3 heteroatoms. The van der Waals surface area contributed by atoms with Crippen LogP contribution >= 0.6 is 0 Å². The third kappa shape index (κ3) is 4.70. The number of aliphatic hydroxyl groups is 1. The highest BCUT2D eigenvalue weighted by Gasteiger charge is 2.29. The molecule has 2 rings (SSSR count). The largest absolute Gasteiger partial charge is 0.392 e. The third-order valence-corrected chi connectivity index (χ3v) is 5.32.